The molecule has 10 heteroatoms. The summed E-state index contributed by atoms with van der Waals surface area (Å²) in [6.07, 6.45) is 4.59. The Hall–Kier alpha value is -2.75. The van der Waals surface area contributed by atoms with E-state index < -0.39 is 6.03 Å². The second-order valence-electron chi connectivity index (χ2n) is 7.08. The molecule has 2 aromatic rings. The van der Waals surface area contributed by atoms with Gasteiger partial charge in [0, 0.05) is 23.7 Å². The number of ether oxygens (including phenoxy) is 2. The van der Waals surface area contributed by atoms with Crippen LogP contribution in [0.25, 0.3) is 0 Å². The van der Waals surface area contributed by atoms with Crippen LogP contribution < -0.4 is 20.1 Å². The number of fused-ring (bicyclic) bond motifs is 1. The van der Waals surface area contributed by atoms with Gasteiger partial charge in [-0.2, -0.15) is 0 Å². The van der Waals surface area contributed by atoms with Crippen LogP contribution in [0.4, 0.5) is 10.5 Å². The van der Waals surface area contributed by atoms with E-state index in [9.17, 15) is 9.59 Å². The van der Waals surface area contributed by atoms with Crippen molar-refractivity contribution >= 4 is 29.4 Å². The van der Waals surface area contributed by atoms with E-state index in [-0.39, 0.29) is 18.5 Å². The molecule has 0 bridgehead atoms. The first-order valence-electron chi connectivity index (χ1n) is 9.25. The number of rotatable bonds is 6. The first-order chi connectivity index (χ1) is 13.7. The van der Waals surface area contributed by atoms with Gasteiger partial charge in [-0.25, -0.2) is 4.79 Å². The molecule has 0 unspecified atom stereocenters. The zero-order valence-corrected chi connectivity index (χ0v) is 15.8. The van der Waals surface area contributed by atoms with Gasteiger partial charge in [-0.1, -0.05) is 11.8 Å². The molecule has 1 aromatic carbocycles. The predicted octanol–water partition coefficient (Wildman–Crippen LogP) is 2.66. The molecule has 9 nitrogen and oxygen atoms in total. The molecule has 2 fully saturated rings. The first kappa shape index (κ1) is 17.4. The molecule has 1 aliphatic heterocycles. The van der Waals surface area contributed by atoms with Gasteiger partial charge in [-0.15, -0.1) is 10.2 Å². The van der Waals surface area contributed by atoms with Crippen LogP contribution in [0.2, 0.25) is 0 Å². The molecule has 2 heterocycles. The molecule has 0 saturated heterocycles. The lowest BCUT2D eigenvalue weighted by molar-refractivity contribution is -0.117. The number of carbonyl (C=O) groups excluding carboxylic acids is 2. The molecular weight excluding hydrogens is 382 g/mol. The normalized spacial score (nSPS) is 17.4. The average Bonchev–Trinajstić information content (AvgIpc) is 3.60. The molecule has 0 spiro atoms. The Balaban J connectivity index is 1.15. The van der Waals surface area contributed by atoms with E-state index in [1.165, 1.54) is 11.8 Å². The molecule has 3 aliphatic rings. The van der Waals surface area contributed by atoms with Crippen LogP contribution in [-0.2, 0) is 4.79 Å². The third-order valence-electron chi connectivity index (χ3n) is 4.76. The van der Waals surface area contributed by atoms with Crippen molar-refractivity contribution in [3.8, 4) is 11.5 Å². The lowest BCUT2D eigenvalue weighted by Gasteiger charge is -2.09. The van der Waals surface area contributed by atoms with Gasteiger partial charge < -0.3 is 19.4 Å². The minimum Gasteiger partial charge on any atom is -0.454 e. The van der Waals surface area contributed by atoms with Crippen molar-refractivity contribution < 1.29 is 19.1 Å². The van der Waals surface area contributed by atoms with Crippen molar-refractivity contribution in [2.24, 2.45) is 0 Å². The number of amides is 3. The van der Waals surface area contributed by atoms with Crippen molar-refractivity contribution in [1.29, 1.82) is 0 Å². The monoisotopic (exact) mass is 401 g/mol. The molecule has 2 N–H and O–H groups in total. The van der Waals surface area contributed by atoms with Gasteiger partial charge >= 0.3 is 6.03 Å². The van der Waals surface area contributed by atoms with Gasteiger partial charge in [-0.3, -0.25) is 10.1 Å². The Bertz CT molecular complexity index is 938. The largest absolute Gasteiger partial charge is 0.454 e. The van der Waals surface area contributed by atoms with E-state index in [0.29, 0.717) is 29.1 Å². The van der Waals surface area contributed by atoms with Crippen LogP contribution >= 0.6 is 11.8 Å². The van der Waals surface area contributed by atoms with E-state index >= 15 is 0 Å². The quantitative estimate of drug-likeness (QED) is 0.717. The summed E-state index contributed by atoms with van der Waals surface area (Å²) in [7, 11) is 0. The number of benzene rings is 1. The molecule has 3 amide bonds. The van der Waals surface area contributed by atoms with Crippen LogP contribution in [0.3, 0.4) is 0 Å². The number of thioether (sulfide) groups is 1. The lowest BCUT2D eigenvalue weighted by Crippen LogP contribution is -2.35. The summed E-state index contributed by atoms with van der Waals surface area (Å²) >= 11 is 1.31. The Morgan fingerprint density at radius 3 is 2.75 bits per heavy atom. The highest BCUT2D eigenvalue weighted by molar-refractivity contribution is 7.99. The van der Waals surface area contributed by atoms with Crippen molar-refractivity contribution in [1.82, 2.24) is 20.1 Å². The summed E-state index contributed by atoms with van der Waals surface area (Å²) in [5, 5.41) is 14.3. The topological polar surface area (TPSA) is 107 Å². The predicted molar refractivity (Wildman–Crippen MR) is 101 cm³/mol. The summed E-state index contributed by atoms with van der Waals surface area (Å²) in [6.45, 7) is 0.161. The minimum atomic E-state index is -0.591. The van der Waals surface area contributed by atoms with E-state index in [2.05, 4.69) is 25.4 Å². The number of hydrogen-bond acceptors (Lipinski definition) is 7. The molecule has 1 aromatic heterocycles. The summed E-state index contributed by atoms with van der Waals surface area (Å²) in [6, 6.07) is 4.91. The number of aromatic nitrogens is 3. The van der Waals surface area contributed by atoms with Crippen molar-refractivity contribution in [3.63, 3.8) is 0 Å². The lowest BCUT2D eigenvalue weighted by atomic mass is 10.3. The highest BCUT2D eigenvalue weighted by Gasteiger charge is 2.36. The number of nitrogens with zero attached hydrogens (tertiary/aromatic N) is 3. The number of nitrogens with one attached hydrogen (secondary N) is 2. The van der Waals surface area contributed by atoms with Crippen LogP contribution in [0.15, 0.2) is 23.4 Å². The van der Waals surface area contributed by atoms with Gasteiger partial charge in [0.1, 0.15) is 5.82 Å². The maximum absolute atomic E-state index is 12.2. The van der Waals surface area contributed by atoms with Gasteiger partial charge in [0.05, 0.1) is 5.75 Å². The Kier molecular flexibility index (Phi) is 4.34. The Morgan fingerprint density at radius 1 is 1.14 bits per heavy atom. The van der Waals surface area contributed by atoms with E-state index in [4.69, 9.17) is 9.47 Å². The standard InChI is InChI=1S/C18H19N5O4S/c24-15(20-17(25)19-11-3-6-13-14(7-11)27-9-26-13)8-28-18-22-21-16(10-1-2-10)23(18)12-4-5-12/h3,6-7,10,12H,1-2,4-5,8-9H2,(H2,19,20,24,25). The highest BCUT2D eigenvalue weighted by Crippen LogP contribution is 2.46. The van der Waals surface area contributed by atoms with Crippen LogP contribution in [0, 0.1) is 0 Å². The van der Waals surface area contributed by atoms with Crippen molar-refractivity contribution in [3.05, 3.63) is 24.0 Å². The maximum atomic E-state index is 12.2. The fourth-order valence-corrected chi connectivity index (χ4v) is 3.92. The summed E-state index contributed by atoms with van der Waals surface area (Å²) in [5.74, 6) is 2.47. The Morgan fingerprint density at radius 2 is 1.96 bits per heavy atom. The molecule has 2 aliphatic carbocycles. The summed E-state index contributed by atoms with van der Waals surface area (Å²) in [5.41, 5.74) is 0.518. The molecule has 146 valence electrons. The molecule has 0 atom stereocenters. The zero-order valence-electron chi connectivity index (χ0n) is 15.0. The van der Waals surface area contributed by atoms with Crippen LogP contribution in [-0.4, -0.2) is 39.2 Å². The second kappa shape index (κ2) is 7.01. The molecule has 28 heavy (non-hydrogen) atoms. The van der Waals surface area contributed by atoms with Gasteiger partial charge in [0.15, 0.2) is 16.7 Å². The highest BCUT2D eigenvalue weighted by atomic mass is 32.2. The number of anilines is 1. The number of imide groups is 1. The average molecular weight is 401 g/mol. The van der Waals surface area contributed by atoms with E-state index in [0.717, 1.165) is 36.7 Å². The Labute approximate surface area is 165 Å². The molecule has 2 saturated carbocycles. The van der Waals surface area contributed by atoms with Gasteiger partial charge in [-0.05, 0) is 37.8 Å². The summed E-state index contributed by atoms with van der Waals surface area (Å²) < 4.78 is 12.7. The van der Waals surface area contributed by atoms with Gasteiger partial charge in [0.25, 0.3) is 0 Å². The number of urea groups is 1. The smallest absolute Gasteiger partial charge is 0.325 e. The number of hydrogen-bond donors (Lipinski definition) is 2. The molecular formula is C18H19N5O4S. The maximum Gasteiger partial charge on any atom is 0.325 e. The van der Waals surface area contributed by atoms with E-state index in [1.54, 1.807) is 18.2 Å². The van der Waals surface area contributed by atoms with Crippen LogP contribution in [0.5, 0.6) is 11.5 Å². The summed E-state index contributed by atoms with van der Waals surface area (Å²) in [4.78, 5) is 24.2. The van der Waals surface area contributed by atoms with Crippen LogP contribution in [0.1, 0.15) is 43.5 Å². The fourth-order valence-electron chi connectivity index (χ4n) is 3.11. The van der Waals surface area contributed by atoms with Gasteiger partial charge in [0.2, 0.25) is 12.7 Å². The first-order valence-corrected chi connectivity index (χ1v) is 10.2. The third kappa shape index (κ3) is 3.64. The minimum absolute atomic E-state index is 0.101. The third-order valence-corrected chi connectivity index (χ3v) is 5.70. The number of carbonyl (C=O) groups is 2. The second-order valence-corrected chi connectivity index (χ2v) is 8.02. The van der Waals surface area contributed by atoms with E-state index in [1.807, 2.05) is 0 Å². The van der Waals surface area contributed by atoms with Crippen molar-refractivity contribution in [2.75, 3.05) is 17.9 Å². The fraction of sp³-hybridized carbons (Fsp3) is 0.444. The zero-order chi connectivity index (χ0) is 19.1. The molecule has 5 rings (SSSR count). The SMILES string of the molecule is O=C(CSc1nnc(C2CC2)n1C1CC1)NC(=O)Nc1ccc2c(c1)OCO2. The molecule has 0 radical (unpaired) electrons. The van der Waals surface area contributed by atoms with Crippen molar-refractivity contribution in [2.45, 2.75) is 42.8 Å².